The Morgan fingerprint density at radius 2 is 2.60 bits per heavy atom. The first-order valence-corrected chi connectivity index (χ1v) is 3.58. The molecule has 2 aliphatic heterocycles. The van der Waals surface area contributed by atoms with Gasteiger partial charge in [0.2, 0.25) is 12.4 Å². The van der Waals surface area contributed by atoms with E-state index in [4.69, 9.17) is 0 Å². The van der Waals surface area contributed by atoms with Crippen molar-refractivity contribution < 1.29 is 0 Å². The van der Waals surface area contributed by atoms with Crippen molar-refractivity contribution in [3.63, 3.8) is 0 Å². The molecule has 1 unspecified atom stereocenters. The SMILES string of the molecule is C1=CC2=C[N+]=CCC2NC1. The molecule has 0 aromatic heterocycles. The van der Waals surface area contributed by atoms with Gasteiger partial charge in [0.25, 0.3) is 0 Å². The molecule has 2 nitrogen and oxygen atoms in total. The highest BCUT2D eigenvalue weighted by molar-refractivity contribution is 5.61. The van der Waals surface area contributed by atoms with Crippen LogP contribution in [0.1, 0.15) is 6.42 Å². The molecule has 1 N–H and O–H groups in total. The van der Waals surface area contributed by atoms with Gasteiger partial charge in [0.15, 0.2) is 0 Å². The summed E-state index contributed by atoms with van der Waals surface area (Å²) < 4.78 is 0. The van der Waals surface area contributed by atoms with E-state index in [-0.39, 0.29) is 0 Å². The Labute approximate surface area is 60.3 Å². The van der Waals surface area contributed by atoms with Gasteiger partial charge in [-0.3, -0.25) is 0 Å². The van der Waals surface area contributed by atoms with Crippen LogP contribution in [0.5, 0.6) is 0 Å². The number of fused-ring (bicyclic) bond motifs is 1. The van der Waals surface area contributed by atoms with E-state index in [1.165, 1.54) is 5.57 Å². The van der Waals surface area contributed by atoms with Crippen molar-refractivity contribution in [1.29, 1.82) is 0 Å². The van der Waals surface area contributed by atoms with Crippen LogP contribution in [0.3, 0.4) is 0 Å². The van der Waals surface area contributed by atoms with Crippen molar-refractivity contribution in [2.45, 2.75) is 12.5 Å². The van der Waals surface area contributed by atoms with Gasteiger partial charge in [-0.2, -0.15) is 0 Å². The molecule has 0 spiro atoms. The lowest BCUT2D eigenvalue weighted by molar-refractivity contribution is 0.615. The molecule has 2 heteroatoms. The fourth-order valence-electron chi connectivity index (χ4n) is 1.30. The number of rotatable bonds is 0. The van der Waals surface area contributed by atoms with Crippen LogP contribution >= 0.6 is 0 Å². The molecule has 0 saturated carbocycles. The Balaban J connectivity index is 2.27. The number of aliphatic imine (C=N–C) groups is 1. The molecule has 2 heterocycles. The van der Waals surface area contributed by atoms with Crippen LogP contribution in [-0.4, -0.2) is 18.8 Å². The molecule has 0 aliphatic carbocycles. The fourth-order valence-corrected chi connectivity index (χ4v) is 1.30. The first-order valence-electron chi connectivity index (χ1n) is 3.58. The minimum absolute atomic E-state index is 0.530. The van der Waals surface area contributed by atoms with E-state index in [2.05, 4.69) is 22.5 Å². The van der Waals surface area contributed by atoms with E-state index in [0.717, 1.165) is 13.0 Å². The van der Waals surface area contributed by atoms with E-state index < -0.39 is 0 Å². The second kappa shape index (κ2) is 2.39. The Bertz CT molecular complexity index is 213. The summed E-state index contributed by atoms with van der Waals surface area (Å²) in [7, 11) is 0. The lowest BCUT2D eigenvalue weighted by atomic mass is 10.0. The summed E-state index contributed by atoms with van der Waals surface area (Å²) in [6, 6.07) is 0.530. The van der Waals surface area contributed by atoms with Crippen LogP contribution < -0.4 is 10.3 Å². The van der Waals surface area contributed by atoms with Gasteiger partial charge in [0, 0.05) is 23.2 Å². The molecule has 51 valence electrons. The molecule has 0 amide bonds. The van der Waals surface area contributed by atoms with Gasteiger partial charge in [0.1, 0.15) is 0 Å². The van der Waals surface area contributed by atoms with Gasteiger partial charge in [-0.05, 0) is 0 Å². The van der Waals surface area contributed by atoms with Crippen molar-refractivity contribution in [2.75, 3.05) is 6.54 Å². The van der Waals surface area contributed by atoms with Gasteiger partial charge in [-0.1, -0.05) is 12.2 Å². The first-order chi connectivity index (χ1) is 4.97. The topological polar surface area (TPSA) is 26.1 Å². The number of hydrogen-bond donors (Lipinski definition) is 1. The van der Waals surface area contributed by atoms with Crippen LogP contribution in [0.4, 0.5) is 0 Å². The summed E-state index contributed by atoms with van der Waals surface area (Å²) in [6.07, 6.45) is 9.20. The Morgan fingerprint density at radius 3 is 3.50 bits per heavy atom. The molecule has 0 bridgehead atoms. The monoisotopic (exact) mass is 134 g/mol. The minimum Gasteiger partial charge on any atom is -0.306 e. The maximum Gasteiger partial charge on any atom is 0.246 e. The summed E-state index contributed by atoms with van der Waals surface area (Å²) in [4.78, 5) is 4.08. The average Bonchev–Trinajstić information content (AvgIpc) is 2.05. The summed E-state index contributed by atoms with van der Waals surface area (Å²) in [6.45, 7) is 0.996. The zero-order chi connectivity index (χ0) is 6.81. The van der Waals surface area contributed by atoms with Crippen LogP contribution in [0.25, 0.3) is 0 Å². The highest BCUT2D eigenvalue weighted by Gasteiger charge is 2.20. The Hall–Kier alpha value is -0.890. The maximum atomic E-state index is 4.08. The van der Waals surface area contributed by atoms with Gasteiger partial charge in [-0.25, -0.2) is 0 Å². The first kappa shape index (κ1) is 5.86. The van der Waals surface area contributed by atoms with Crippen molar-refractivity contribution in [1.82, 2.24) is 10.3 Å². The molecule has 2 aliphatic rings. The van der Waals surface area contributed by atoms with Crippen molar-refractivity contribution in [3.05, 3.63) is 23.9 Å². The zero-order valence-corrected chi connectivity index (χ0v) is 5.75. The average molecular weight is 134 g/mol. The standard InChI is InChI=1S/C8H10N2/c1-2-7-6-9-5-3-8(7)10-4-1/h1-2,5-6,8,10H,3-4H2/q+1. The summed E-state index contributed by atoms with van der Waals surface area (Å²) in [5.41, 5.74) is 1.31. The molecule has 0 aromatic carbocycles. The van der Waals surface area contributed by atoms with E-state index in [0.29, 0.717) is 6.04 Å². The lowest BCUT2D eigenvalue weighted by Crippen LogP contribution is -2.35. The highest BCUT2D eigenvalue weighted by atomic mass is 14.9. The van der Waals surface area contributed by atoms with Crippen molar-refractivity contribution in [3.8, 4) is 0 Å². The van der Waals surface area contributed by atoms with Crippen LogP contribution in [0.15, 0.2) is 23.9 Å². The molecule has 2 rings (SSSR count). The molecular formula is C8H10N2+. The fraction of sp³-hybridized carbons (Fsp3) is 0.375. The molecule has 0 saturated heterocycles. The second-order valence-electron chi connectivity index (χ2n) is 2.56. The molecule has 10 heavy (non-hydrogen) atoms. The van der Waals surface area contributed by atoms with Crippen LogP contribution in [-0.2, 0) is 0 Å². The predicted molar refractivity (Wildman–Crippen MR) is 41.8 cm³/mol. The number of nitrogens with zero attached hydrogens (tertiary/aromatic N) is 1. The third kappa shape index (κ3) is 0.907. The highest BCUT2D eigenvalue weighted by Crippen LogP contribution is 2.11. The Morgan fingerprint density at radius 1 is 1.60 bits per heavy atom. The Kier molecular flexibility index (Phi) is 1.40. The van der Waals surface area contributed by atoms with Gasteiger partial charge in [-0.15, -0.1) is 0 Å². The summed E-state index contributed by atoms with van der Waals surface area (Å²) in [5.74, 6) is 0. The van der Waals surface area contributed by atoms with E-state index in [9.17, 15) is 0 Å². The molecule has 1 atom stereocenters. The van der Waals surface area contributed by atoms with Crippen LogP contribution in [0.2, 0.25) is 0 Å². The van der Waals surface area contributed by atoms with Crippen molar-refractivity contribution >= 4 is 6.21 Å². The van der Waals surface area contributed by atoms with Crippen LogP contribution in [0, 0.1) is 0 Å². The molecule has 1 radical (unpaired) electrons. The van der Waals surface area contributed by atoms with Crippen molar-refractivity contribution in [2.24, 2.45) is 0 Å². The van der Waals surface area contributed by atoms with Gasteiger partial charge < -0.3 is 5.32 Å². The minimum atomic E-state index is 0.530. The third-order valence-electron chi connectivity index (χ3n) is 1.86. The summed E-state index contributed by atoms with van der Waals surface area (Å²) in [5, 5.41) is 3.37. The van der Waals surface area contributed by atoms with E-state index >= 15 is 0 Å². The number of hydrogen-bond acceptors (Lipinski definition) is 2. The quantitative estimate of drug-likeness (QED) is 0.503. The second-order valence-corrected chi connectivity index (χ2v) is 2.56. The lowest BCUT2D eigenvalue weighted by Gasteiger charge is -2.18. The largest absolute Gasteiger partial charge is 0.306 e. The number of nitrogens with one attached hydrogen (secondary N) is 1. The molecular weight excluding hydrogens is 124 g/mol. The zero-order valence-electron chi connectivity index (χ0n) is 5.75. The van der Waals surface area contributed by atoms with E-state index in [1.54, 1.807) is 0 Å². The molecule has 0 aromatic rings. The summed E-state index contributed by atoms with van der Waals surface area (Å²) >= 11 is 0. The van der Waals surface area contributed by atoms with Gasteiger partial charge in [0.05, 0.1) is 6.42 Å². The normalized spacial score (nSPS) is 29.6. The maximum absolute atomic E-state index is 4.08. The third-order valence-corrected chi connectivity index (χ3v) is 1.86. The molecule has 0 fully saturated rings. The predicted octanol–water partition coefficient (Wildman–Crippen LogP) is 0.209. The van der Waals surface area contributed by atoms with E-state index in [1.807, 2.05) is 12.4 Å². The van der Waals surface area contributed by atoms with Gasteiger partial charge >= 0.3 is 0 Å². The smallest absolute Gasteiger partial charge is 0.246 e.